The molecule has 3 heterocycles. The molecule has 0 radical (unpaired) electrons. The molecule has 0 fully saturated rings. The molecule has 13 aromatic rings. The quantitative estimate of drug-likeness (QED) is 0.153. The summed E-state index contributed by atoms with van der Waals surface area (Å²) >= 11 is 0. The zero-order valence-corrected chi connectivity index (χ0v) is 36.8. The number of hydrogen-bond acceptors (Lipinski definition) is 4. The topological polar surface area (TPSA) is 56.7 Å². The zero-order valence-electron chi connectivity index (χ0n) is 36.8. The van der Waals surface area contributed by atoms with Gasteiger partial charge in [0, 0.05) is 43.9 Å². The van der Waals surface area contributed by atoms with Crippen molar-refractivity contribution in [3.63, 3.8) is 0 Å². The van der Waals surface area contributed by atoms with Gasteiger partial charge in [-0.25, -0.2) is 15.0 Å². The molecule has 0 saturated carbocycles. The Kier molecular flexibility index (Phi) is 9.43. The highest BCUT2D eigenvalue weighted by Crippen LogP contribution is 2.44. The highest BCUT2D eigenvalue weighted by Gasteiger charge is 2.22. The highest BCUT2D eigenvalue weighted by molar-refractivity contribution is 6.27. The fourth-order valence-electron chi connectivity index (χ4n) is 9.89. The molecule has 0 aliphatic heterocycles. The van der Waals surface area contributed by atoms with E-state index in [9.17, 15) is 0 Å². The maximum atomic E-state index is 6.68. The molecule has 0 aliphatic rings. The molecule has 0 spiro atoms. The van der Waals surface area contributed by atoms with Crippen molar-refractivity contribution >= 4 is 43.7 Å². The predicted octanol–water partition coefficient (Wildman–Crippen LogP) is 16.5. The number of furan rings is 1. The molecule has 10 aromatic carbocycles. The number of benzene rings is 10. The number of fused-ring (bicyclic) bond motifs is 7. The van der Waals surface area contributed by atoms with Crippen LogP contribution < -0.4 is 0 Å². The predicted molar refractivity (Wildman–Crippen MR) is 279 cm³/mol. The van der Waals surface area contributed by atoms with Gasteiger partial charge in [0.15, 0.2) is 17.5 Å². The van der Waals surface area contributed by atoms with E-state index < -0.39 is 0 Å². The fourth-order valence-corrected chi connectivity index (χ4v) is 9.89. The van der Waals surface area contributed by atoms with Gasteiger partial charge in [-0.2, -0.15) is 0 Å². The average molecular weight is 869 g/mol. The van der Waals surface area contributed by atoms with Crippen LogP contribution in [0, 0.1) is 0 Å². The molecular weight excluding hydrogens is 829 g/mol. The van der Waals surface area contributed by atoms with Crippen molar-refractivity contribution in [1.82, 2.24) is 19.5 Å². The second-order valence-corrected chi connectivity index (χ2v) is 17.1. The second-order valence-electron chi connectivity index (χ2n) is 17.1. The van der Waals surface area contributed by atoms with Crippen LogP contribution in [0.15, 0.2) is 247 Å². The van der Waals surface area contributed by atoms with E-state index in [1.54, 1.807) is 0 Å². The lowest BCUT2D eigenvalue weighted by molar-refractivity contribution is 0.669. The summed E-state index contributed by atoms with van der Waals surface area (Å²) in [6.45, 7) is 0. The van der Waals surface area contributed by atoms with Crippen molar-refractivity contribution in [2.45, 2.75) is 0 Å². The first kappa shape index (κ1) is 39.2. The summed E-state index contributed by atoms with van der Waals surface area (Å²) in [7, 11) is 0. The van der Waals surface area contributed by atoms with E-state index in [0.29, 0.717) is 17.5 Å². The largest absolute Gasteiger partial charge is 0.456 e. The van der Waals surface area contributed by atoms with Crippen LogP contribution >= 0.6 is 0 Å². The lowest BCUT2D eigenvalue weighted by atomic mass is 9.89. The van der Waals surface area contributed by atoms with Crippen molar-refractivity contribution in [2.75, 3.05) is 0 Å². The molecule has 68 heavy (non-hydrogen) atoms. The molecule has 0 unspecified atom stereocenters. The van der Waals surface area contributed by atoms with E-state index in [2.05, 4.69) is 211 Å². The lowest BCUT2D eigenvalue weighted by Crippen LogP contribution is -2.01. The van der Waals surface area contributed by atoms with Crippen LogP contribution in [0.3, 0.4) is 0 Å². The summed E-state index contributed by atoms with van der Waals surface area (Å²) in [6, 6.07) is 85.2. The van der Waals surface area contributed by atoms with Crippen LogP contribution in [0.2, 0.25) is 0 Å². The Morgan fingerprint density at radius 3 is 1.40 bits per heavy atom. The molecule has 0 saturated heterocycles. The van der Waals surface area contributed by atoms with Crippen molar-refractivity contribution in [2.24, 2.45) is 0 Å². The van der Waals surface area contributed by atoms with Gasteiger partial charge in [0.25, 0.3) is 0 Å². The second kappa shape index (κ2) is 16.4. The summed E-state index contributed by atoms with van der Waals surface area (Å²) in [5, 5.41) is 4.48. The van der Waals surface area contributed by atoms with Crippen molar-refractivity contribution in [3.8, 4) is 84.4 Å². The average Bonchev–Trinajstić information content (AvgIpc) is 3.97. The van der Waals surface area contributed by atoms with Crippen molar-refractivity contribution in [1.29, 1.82) is 0 Å². The maximum absolute atomic E-state index is 6.68. The molecule has 0 atom stereocenters. The Labute approximate surface area is 392 Å². The van der Waals surface area contributed by atoms with Gasteiger partial charge in [-0.3, -0.25) is 0 Å². The van der Waals surface area contributed by atoms with E-state index in [4.69, 9.17) is 19.4 Å². The summed E-state index contributed by atoms with van der Waals surface area (Å²) in [5.41, 5.74) is 16.6. The molecule has 3 aromatic heterocycles. The van der Waals surface area contributed by atoms with Gasteiger partial charge in [0.2, 0.25) is 0 Å². The Hall–Kier alpha value is -9.19. The molecule has 0 amide bonds. The van der Waals surface area contributed by atoms with Gasteiger partial charge in [-0.15, -0.1) is 0 Å². The third-order valence-electron chi connectivity index (χ3n) is 13.1. The minimum Gasteiger partial charge on any atom is -0.456 e. The Balaban J connectivity index is 1.06. The Bertz CT molecular complexity index is 3940. The van der Waals surface area contributed by atoms with Gasteiger partial charge in [-0.05, 0) is 99.1 Å². The first-order valence-electron chi connectivity index (χ1n) is 22.9. The SMILES string of the molecule is c1ccc(-c2nc(-c3ccccc3)nc(-c3cc(-c4ccc(-c5ccccc5)c(-c5ccccc5)c4)ccc3-c3ccc4oc5ccc6c(c7ccccc7n6-c6ccccc6)c5c4c3)n2)cc1. The smallest absolute Gasteiger partial charge is 0.164 e. The Morgan fingerprint density at radius 2 is 0.765 bits per heavy atom. The van der Waals surface area contributed by atoms with Crippen LogP contribution in [0.5, 0.6) is 0 Å². The first-order chi connectivity index (χ1) is 33.7. The van der Waals surface area contributed by atoms with Gasteiger partial charge in [-0.1, -0.05) is 188 Å². The third kappa shape index (κ3) is 6.76. The van der Waals surface area contributed by atoms with E-state index in [1.165, 1.54) is 21.9 Å². The minimum atomic E-state index is 0.587. The number of nitrogens with zero attached hydrogens (tertiary/aromatic N) is 4. The van der Waals surface area contributed by atoms with E-state index in [1.807, 2.05) is 36.4 Å². The van der Waals surface area contributed by atoms with Crippen LogP contribution in [0.25, 0.3) is 128 Å². The molecule has 5 heteroatoms. The highest BCUT2D eigenvalue weighted by atomic mass is 16.3. The number of hydrogen-bond donors (Lipinski definition) is 0. The van der Waals surface area contributed by atoms with Gasteiger partial charge < -0.3 is 8.98 Å². The first-order valence-corrected chi connectivity index (χ1v) is 22.9. The summed E-state index contributed by atoms with van der Waals surface area (Å²) in [6.07, 6.45) is 0. The van der Waals surface area contributed by atoms with Crippen molar-refractivity contribution in [3.05, 3.63) is 243 Å². The molecule has 13 rings (SSSR count). The van der Waals surface area contributed by atoms with Crippen LogP contribution in [0.4, 0.5) is 0 Å². The Morgan fingerprint density at radius 1 is 0.279 bits per heavy atom. The fraction of sp³-hybridized carbons (Fsp3) is 0. The number of aromatic nitrogens is 4. The van der Waals surface area contributed by atoms with Crippen molar-refractivity contribution < 1.29 is 4.42 Å². The van der Waals surface area contributed by atoms with Crippen LogP contribution in [-0.4, -0.2) is 19.5 Å². The number of rotatable bonds is 8. The summed E-state index contributed by atoms with van der Waals surface area (Å²) < 4.78 is 9.04. The standard InChI is InChI=1S/C63H40N4O/c1-6-18-41(19-7-1)49-33-30-45(38-52(49)42-20-8-2-9-21-42)46-31-34-50(53(39-46)63-65-61(43-22-10-3-11-23-43)64-62(66-63)44-24-12-4-13-25-44)47-32-36-57-54(40-47)60-58(68-57)37-35-56-59(60)51-28-16-17-29-55(51)67(56)48-26-14-5-15-27-48/h1-40H. The maximum Gasteiger partial charge on any atom is 0.164 e. The third-order valence-corrected chi connectivity index (χ3v) is 13.1. The molecule has 318 valence electrons. The van der Waals surface area contributed by atoms with E-state index in [-0.39, 0.29) is 0 Å². The van der Waals surface area contributed by atoms with E-state index >= 15 is 0 Å². The molecule has 0 bridgehead atoms. The molecule has 0 aliphatic carbocycles. The molecular formula is C63H40N4O. The van der Waals surface area contributed by atoms with Gasteiger partial charge >= 0.3 is 0 Å². The van der Waals surface area contributed by atoms with Crippen LogP contribution in [-0.2, 0) is 0 Å². The van der Waals surface area contributed by atoms with E-state index in [0.717, 1.165) is 88.7 Å². The van der Waals surface area contributed by atoms with Crippen LogP contribution in [0.1, 0.15) is 0 Å². The molecule has 5 nitrogen and oxygen atoms in total. The summed E-state index contributed by atoms with van der Waals surface area (Å²) in [5.74, 6) is 1.81. The van der Waals surface area contributed by atoms with Gasteiger partial charge in [0.05, 0.1) is 11.0 Å². The molecule has 0 N–H and O–H groups in total. The summed E-state index contributed by atoms with van der Waals surface area (Å²) in [4.78, 5) is 15.7. The number of para-hydroxylation sites is 2. The zero-order chi connectivity index (χ0) is 45.0. The lowest BCUT2D eigenvalue weighted by Gasteiger charge is -2.16. The van der Waals surface area contributed by atoms with Gasteiger partial charge in [0.1, 0.15) is 11.2 Å². The normalized spacial score (nSPS) is 11.5. The minimum absolute atomic E-state index is 0.587. The monoisotopic (exact) mass is 868 g/mol.